The summed E-state index contributed by atoms with van der Waals surface area (Å²) in [6.07, 6.45) is 3.62. The minimum atomic E-state index is 0.0107. The van der Waals surface area contributed by atoms with Gasteiger partial charge in [0.15, 0.2) is 0 Å². The second-order valence-electron chi connectivity index (χ2n) is 5.04. The monoisotopic (exact) mass is 290 g/mol. The molecule has 0 aromatic carbocycles. The number of aryl methyl sites for hydroxylation is 2. The van der Waals surface area contributed by atoms with Crippen LogP contribution in [0.25, 0.3) is 0 Å². The highest BCUT2D eigenvalue weighted by Crippen LogP contribution is 2.21. The number of hydrogen-bond donors (Lipinski definition) is 0. The molecule has 0 spiro atoms. The van der Waals surface area contributed by atoms with Gasteiger partial charge in [-0.15, -0.1) is 11.3 Å². The van der Waals surface area contributed by atoms with Crippen molar-refractivity contribution in [3.8, 4) is 0 Å². The summed E-state index contributed by atoms with van der Waals surface area (Å²) in [7, 11) is 0. The van der Waals surface area contributed by atoms with E-state index in [0.29, 0.717) is 0 Å². The number of hydrogen-bond acceptors (Lipinski definition) is 6. The van der Waals surface area contributed by atoms with Crippen LogP contribution in [0, 0.1) is 13.8 Å². The molecule has 20 heavy (non-hydrogen) atoms. The molecule has 3 heterocycles. The molecule has 0 bridgehead atoms. The van der Waals surface area contributed by atoms with Crippen LogP contribution in [0.1, 0.15) is 28.2 Å². The van der Waals surface area contributed by atoms with Crippen molar-refractivity contribution in [1.82, 2.24) is 19.9 Å². The van der Waals surface area contributed by atoms with Crippen molar-refractivity contribution < 1.29 is 4.74 Å². The summed E-state index contributed by atoms with van der Waals surface area (Å²) in [6, 6.07) is 0. The smallest absolute Gasteiger partial charge is 0.114 e. The number of nitrogens with zero attached hydrogens (tertiary/aromatic N) is 4. The van der Waals surface area contributed by atoms with E-state index in [1.54, 1.807) is 17.5 Å². The van der Waals surface area contributed by atoms with Gasteiger partial charge < -0.3 is 4.74 Å². The van der Waals surface area contributed by atoms with Gasteiger partial charge in [-0.3, -0.25) is 14.9 Å². The average Bonchev–Trinajstić information content (AvgIpc) is 2.85. The van der Waals surface area contributed by atoms with Crippen molar-refractivity contribution in [2.24, 2.45) is 0 Å². The van der Waals surface area contributed by atoms with E-state index in [1.165, 1.54) is 0 Å². The molecule has 1 aliphatic rings. The highest BCUT2D eigenvalue weighted by molar-refractivity contribution is 7.09. The van der Waals surface area contributed by atoms with Gasteiger partial charge in [0.05, 0.1) is 34.9 Å². The zero-order valence-corrected chi connectivity index (χ0v) is 12.6. The molecule has 0 aliphatic carbocycles. The third kappa shape index (κ3) is 3.20. The number of aromatic nitrogens is 3. The van der Waals surface area contributed by atoms with Gasteiger partial charge in [0.1, 0.15) is 6.10 Å². The van der Waals surface area contributed by atoms with Crippen molar-refractivity contribution in [1.29, 1.82) is 0 Å². The Morgan fingerprint density at radius 3 is 2.95 bits per heavy atom. The van der Waals surface area contributed by atoms with Crippen LogP contribution in [0.2, 0.25) is 0 Å². The first kappa shape index (κ1) is 13.6. The van der Waals surface area contributed by atoms with Gasteiger partial charge in [-0.2, -0.15) is 0 Å². The molecule has 1 fully saturated rings. The number of morpholine rings is 1. The Morgan fingerprint density at radius 1 is 1.35 bits per heavy atom. The summed E-state index contributed by atoms with van der Waals surface area (Å²) in [5.41, 5.74) is 2.98. The maximum absolute atomic E-state index is 5.82. The summed E-state index contributed by atoms with van der Waals surface area (Å²) < 4.78 is 5.82. The standard InChI is InChI=1S/C14H18N4OS/c1-10-5-16-13(6-15-10)14-8-18(3-4-19-14)7-12-9-20-11(2)17-12/h5-6,9,14H,3-4,7-8H2,1-2H3/t14-/m0/s1. The average molecular weight is 290 g/mol. The predicted octanol–water partition coefficient (Wildman–Crippen LogP) is 2.12. The Hall–Kier alpha value is -1.37. The molecule has 1 aliphatic heterocycles. The zero-order chi connectivity index (χ0) is 13.9. The van der Waals surface area contributed by atoms with Crippen LogP contribution in [-0.4, -0.2) is 39.5 Å². The fourth-order valence-electron chi connectivity index (χ4n) is 2.30. The largest absolute Gasteiger partial charge is 0.369 e. The first-order chi connectivity index (χ1) is 9.70. The van der Waals surface area contributed by atoms with Crippen LogP contribution in [-0.2, 0) is 11.3 Å². The van der Waals surface area contributed by atoms with Crippen molar-refractivity contribution in [3.05, 3.63) is 39.9 Å². The minimum absolute atomic E-state index is 0.0107. The summed E-state index contributed by atoms with van der Waals surface area (Å²) in [5.74, 6) is 0. The Kier molecular flexibility index (Phi) is 4.05. The quantitative estimate of drug-likeness (QED) is 0.866. The van der Waals surface area contributed by atoms with Gasteiger partial charge in [-0.1, -0.05) is 0 Å². The lowest BCUT2D eigenvalue weighted by molar-refractivity contribution is -0.0354. The highest BCUT2D eigenvalue weighted by atomic mass is 32.1. The molecule has 1 atom stereocenters. The molecule has 0 unspecified atom stereocenters. The van der Waals surface area contributed by atoms with E-state index in [-0.39, 0.29) is 6.10 Å². The molecule has 0 radical (unpaired) electrons. The number of ether oxygens (including phenoxy) is 1. The molecular weight excluding hydrogens is 272 g/mol. The zero-order valence-electron chi connectivity index (χ0n) is 11.7. The van der Waals surface area contributed by atoms with Gasteiger partial charge in [-0.25, -0.2) is 4.98 Å². The Morgan fingerprint density at radius 2 is 2.25 bits per heavy atom. The predicted molar refractivity (Wildman–Crippen MR) is 77.6 cm³/mol. The van der Waals surface area contributed by atoms with Crippen LogP contribution in [0.3, 0.4) is 0 Å². The van der Waals surface area contributed by atoms with Crippen LogP contribution in [0.15, 0.2) is 17.8 Å². The Balaban J connectivity index is 1.65. The van der Waals surface area contributed by atoms with E-state index in [1.807, 2.05) is 20.0 Å². The SMILES string of the molecule is Cc1cnc([C@@H]2CN(Cc3csc(C)n3)CCO2)cn1. The Labute approximate surface area is 122 Å². The lowest BCUT2D eigenvalue weighted by atomic mass is 10.2. The van der Waals surface area contributed by atoms with Crippen LogP contribution in [0.5, 0.6) is 0 Å². The summed E-state index contributed by atoms with van der Waals surface area (Å²) in [4.78, 5) is 15.6. The van der Waals surface area contributed by atoms with Crippen molar-refractivity contribution >= 4 is 11.3 Å². The van der Waals surface area contributed by atoms with E-state index in [2.05, 4.69) is 25.2 Å². The van der Waals surface area contributed by atoms with Crippen molar-refractivity contribution in [2.45, 2.75) is 26.5 Å². The fraction of sp³-hybridized carbons (Fsp3) is 0.500. The van der Waals surface area contributed by atoms with Gasteiger partial charge >= 0.3 is 0 Å². The normalized spacial score (nSPS) is 20.2. The second-order valence-corrected chi connectivity index (χ2v) is 6.10. The van der Waals surface area contributed by atoms with Crippen molar-refractivity contribution in [3.63, 3.8) is 0 Å². The van der Waals surface area contributed by atoms with Gasteiger partial charge in [0, 0.05) is 31.2 Å². The van der Waals surface area contributed by atoms with Gasteiger partial charge in [0.25, 0.3) is 0 Å². The van der Waals surface area contributed by atoms with E-state index in [0.717, 1.165) is 48.3 Å². The first-order valence-corrected chi connectivity index (χ1v) is 7.62. The fourth-order valence-corrected chi connectivity index (χ4v) is 2.91. The minimum Gasteiger partial charge on any atom is -0.369 e. The number of rotatable bonds is 3. The second kappa shape index (κ2) is 5.95. The summed E-state index contributed by atoms with van der Waals surface area (Å²) in [6.45, 7) is 7.36. The third-order valence-electron chi connectivity index (χ3n) is 3.33. The molecule has 2 aromatic heterocycles. The molecule has 1 saturated heterocycles. The van der Waals surface area contributed by atoms with E-state index in [9.17, 15) is 0 Å². The Bertz CT molecular complexity index is 569. The van der Waals surface area contributed by atoms with Gasteiger partial charge in [-0.05, 0) is 13.8 Å². The van der Waals surface area contributed by atoms with Crippen molar-refractivity contribution in [2.75, 3.05) is 19.7 Å². The molecule has 0 N–H and O–H groups in total. The van der Waals surface area contributed by atoms with Gasteiger partial charge in [0.2, 0.25) is 0 Å². The maximum atomic E-state index is 5.82. The van der Waals surface area contributed by atoms with E-state index in [4.69, 9.17) is 4.74 Å². The summed E-state index contributed by atoms with van der Waals surface area (Å²) in [5, 5.41) is 3.25. The third-order valence-corrected chi connectivity index (χ3v) is 4.16. The molecule has 0 amide bonds. The molecular formula is C14H18N4OS. The van der Waals surface area contributed by atoms with Crippen LogP contribution >= 0.6 is 11.3 Å². The molecule has 6 heteroatoms. The van der Waals surface area contributed by atoms with Crippen LogP contribution < -0.4 is 0 Å². The molecule has 5 nitrogen and oxygen atoms in total. The maximum Gasteiger partial charge on any atom is 0.114 e. The van der Waals surface area contributed by atoms with E-state index < -0.39 is 0 Å². The molecule has 106 valence electrons. The lowest BCUT2D eigenvalue weighted by Crippen LogP contribution is -2.38. The topological polar surface area (TPSA) is 51.1 Å². The molecule has 3 rings (SSSR count). The molecule has 2 aromatic rings. The highest BCUT2D eigenvalue weighted by Gasteiger charge is 2.23. The molecule has 0 saturated carbocycles. The summed E-state index contributed by atoms with van der Waals surface area (Å²) >= 11 is 1.70. The number of thiazole rings is 1. The van der Waals surface area contributed by atoms with Crippen LogP contribution in [0.4, 0.5) is 0 Å². The van der Waals surface area contributed by atoms with E-state index >= 15 is 0 Å². The first-order valence-electron chi connectivity index (χ1n) is 6.74. The lowest BCUT2D eigenvalue weighted by Gasteiger charge is -2.32.